The maximum atomic E-state index is 13.0. The molecule has 3 aromatic rings. The third-order valence-electron chi connectivity index (χ3n) is 3.18. The first-order valence-electron chi connectivity index (χ1n) is 6.09. The molecule has 0 radical (unpaired) electrons. The predicted molar refractivity (Wildman–Crippen MR) is 70.4 cm³/mol. The van der Waals surface area contributed by atoms with Gasteiger partial charge < -0.3 is 0 Å². The molecular formula is C15H11F3N2. The van der Waals surface area contributed by atoms with E-state index in [-0.39, 0.29) is 5.65 Å². The van der Waals surface area contributed by atoms with E-state index >= 15 is 0 Å². The summed E-state index contributed by atoms with van der Waals surface area (Å²) in [6, 6.07) is 11.7. The zero-order valence-corrected chi connectivity index (χ0v) is 10.6. The number of hydrogen-bond donors (Lipinski definition) is 0. The fraction of sp³-hybridized carbons (Fsp3) is 0.133. The van der Waals surface area contributed by atoms with Crippen molar-refractivity contribution in [1.82, 2.24) is 9.38 Å². The molecule has 0 amide bonds. The Balaban J connectivity index is 2.34. The largest absolute Gasteiger partial charge is 0.419 e. The molecule has 5 heteroatoms. The third kappa shape index (κ3) is 1.95. The summed E-state index contributed by atoms with van der Waals surface area (Å²) in [5.74, 6) is 0. The molecule has 0 unspecified atom stereocenters. The highest BCUT2D eigenvalue weighted by molar-refractivity contribution is 5.68. The van der Waals surface area contributed by atoms with E-state index in [0.717, 1.165) is 11.6 Å². The van der Waals surface area contributed by atoms with Crippen molar-refractivity contribution in [2.75, 3.05) is 0 Å². The summed E-state index contributed by atoms with van der Waals surface area (Å²) in [5.41, 5.74) is 1.33. The van der Waals surface area contributed by atoms with Crippen molar-refractivity contribution in [3.63, 3.8) is 0 Å². The van der Waals surface area contributed by atoms with E-state index < -0.39 is 11.7 Å². The summed E-state index contributed by atoms with van der Waals surface area (Å²) in [4.78, 5) is 4.10. The van der Waals surface area contributed by atoms with Crippen LogP contribution in [0.1, 0.15) is 11.3 Å². The Morgan fingerprint density at radius 1 is 1.00 bits per heavy atom. The Kier molecular flexibility index (Phi) is 2.78. The van der Waals surface area contributed by atoms with Gasteiger partial charge in [-0.2, -0.15) is 13.2 Å². The second-order valence-corrected chi connectivity index (χ2v) is 4.53. The summed E-state index contributed by atoms with van der Waals surface area (Å²) in [6.45, 7) is 1.72. The van der Waals surface area contributed by atoms with Crippen LogP contribution in [0.4, 0.5) is 13.2 Å². The summed E-state index contributed by atoms with van der Waals surface area (Å²) < 4.78 is 40.5. The first-order valence-corrected chi connectivity index (χ1v) is 6.09. The Bertz CT molecular complexity index is 758. The lowest BCUT2D eigenvalue weighted by Gasteiger charge is -2.08. The maximum absolute atomic E-state index is 13.0. The number of benzene rings is 1. The van der Waals surface area contributed by atoms with Crippen LogP contribution >= 0.6 is 0 Å². The fourth-order valence-electron chi connectivity index (χ4n) is 2.35. The van der Waals surface area contributed by atoms with E-state index in [9.17, 15) is 13.2 Å². The van der Waals surface area contributed by atoms with Gasteiger partial charge in [0.2, 0.25) is 0 Å². The van der Waals surface area contributed by atoms with Crippen molar-refractivity contribution in [3.8, 4) is 11.3 Å². The zero-order valence-electron chi connectivity index (χ0n) is 10.6. The van der Waals surface area contributed by atoms with Crippen molar-refractivity contribution in [2.24, 2.45) is 0 Å². The minimum atomic E-state index is -4.41. The molecule has 1 aromatic carbocycles. The zero-order chi connectivity index (χ0) is 14.3. The minimum absolute atomic E-state index is 0.0589. The van der Waals surface area contributed by atoms with Gasteiger partial charge in [-0.25, -0.2) is 4.98 Å². The summed E-state index contributed by atoms with van der Waals surface area (Å²) >= 11 is 0. The standard InChI is InChI=1S/C15H11F3N2/c1-10-13(11-6-3-2-4-7-11)20-9-5-8-12(14(20)19-10)15(16,17)18/h2-9H,1H3. The van der Waals surface area contributed by atoms with Gasteiger partial charge in [0.05, 0.1) is 17.0 Å². The van der Waals surface area contributed by atoms with Crippen LogP contribution in [0.15, 0.2) is 48.7 Å². The van der Waals surface area contributed by atoms with Crippen LogP contribution in [0.3, 0.4) is 0 Å². The smallest absolute Gasteiger partial charge is 0.299 e. The first kappa shape index (κ1) is 12.7. The molecule has 0 atom stereocenters. The number of nitrogens with zero attached hydrogens (tertiary/aromatic N) is 2. The van der Waals surface area contributed by atoms with Crippen molar-refractivity contribution in [1.29, 1.82) is 0 Å². The topological polar surface area (TPSA) is 17.3 Å². The van der Waals surface area contributed by atoms with Crippen LogP contribution in [0.25, 0.3) is 16.9 Å². The summed E-state index contributed by atoms with van der Waals surface area (Å²) in [5, 5.41) is 0. The molecule has 0 saturated carbocycles. The van der Waals surface area contributed by atoms with Crippen LogP contribution in [0.2, 0.25) is 0 Å². The average Bonchev–Trinajstić information content (AvgIpc) is 2.74. The molecule has 20 heavy (non-hydrogen) atoms. The number of aryl methyl sites for hydroxylation is 1. The van der Waals surface area contributed by atoms with Gasteiger partial charge in [0.1, 0.15) is 5.65 Å². The minimum Gasteiger partial charge on any atom is -0.299 e. The number of imidazole rings is 1. The Labute approximate surface area is 113 Å². The average molecular weight is 276 g/mol. The third-order valence-corrected chi connectivity index (χ3v) is 3.18. The number of hydrogen-bond acceptors (Lipinski definition) is 1. The van der Waals surface area contributed by atoms with Crippen LogP contribution in [-0.2, 0) is 6.18 Å². The monoisotopic (exact) mass is 276 g/mol. The molecule has 0 saturated heterocycles. The predicted octanol–water partition coefficient (Wildman–Crippen LogP) is 4.33. The first-order chi connectivity index (χ1) is 9.48. The highest BCUT2D eigenvalue weighted by Gasteiger charge is 2.34. The molecule has 0 fully saturated rings. The summed E-state index contributed by atoms with van der Waals surface area (Å²) in [7, 11) is 0. The number of fused-ring (bicyclic) bond motifs is 1. The van der Waals surface area contributed by atoms with Crippen molar-refractivity contribution >= 4 is 5.65 Å². The molecule has 2 nitrogen and oxygen atoms in total. The molecule has 0 spiro atoms. The van der Waals surface area contributed by atoms with E-state index in [1.165, 1.54) is 10.5 Å². The van der Waals surface area contributed by atoms with Gasteiger partial charge in [0.15, 0.2) is 0 Å². The van der Waals surface area contributed by atoms with Crippen LogP contribution in [-0.4, -0.2) is 9.38 Å². The fourth-order valence-corrected chi connectivity index (χ4v) is 2.35. The second kappa shape index (κ2) is 4.37. The molecule has 3 rings (SSSR count). The number of alkyl halides is 3. The van der Waals surface area contributed by atoms with E-state index in [1.807, 2.05) is 30.3 Å². The SMILES string of the molecule is Cc1nc2c(C(F)(F)F)cccn2c1-c1ccccc1. The lowest BCUT2D eigenvalue weighted by Crippen LogP contribution is -2.07. The van der Waals surface area contributed by atoms with Gasteiger partial charge >= 0.3 is 6.18 Å². The molecule has 2 aromatic heterocycles. The lowest BCUT2D eigenvalue weighted by atomic mass is 10.1. The van der Waals surface area contributed by atoms with Crippen LogP contribution in [0, 0.1) is 6.92 Å². The quantitative estimate of drug-likeness (QED) is 0.646. The van der Waals surface area contributed by atoms with Gasteiger partial charge in [-0.1, -0.05) is 30.3 Å². The summed E-state index contributed by atoms with van der Waals surface area (Å²) in [6.07, 6.45) is -2.80. The number of aromatic nitrogens is 2. The molecule has 0 aliphatic heterocycles. The van der Waals surface area contributed by atoms with E-state index in [2.05, 4.69) is 4.98 Å². The number of halogens is 3. The Morgan fingerprint density at radius 2 is 1.70 bits per heavy atom. The van der Waals surface area contributed by atoms with E-state index in [4.69, 9.17) is 0 Å². The normalized spacial score (nSPS) is 12.0. The Hall–Kier alpha value is -2.30. The van der Waals surface area contributed by atoms with Gasteiger partial charge in [0, 0.05) is 11.8 Å². The maximum Gasteiger partial charge on any atom is 0.419 e. The number of pyridine rings is 1. The molecule has 102 valence electrons. The highest BCUT2D eigenvalue weighted by atomic mass is 19.4. The van der Waals surface area contributed by atoms with Crippen molar-refractivity contribution in [2.45, 2.75) is 13.1 Å². The lowest BCUT2D eigenvalue weighted by molar-refractivity contribution is -0.136. The van der Waals surface area contributed by atoms with Crippen LogP contribution < -0.4 is 0 Å². The molecule has 2 heterocycles. The van der Waals surface area contributed by atoms with Gasteiger partial charge in [-0.15, -0.1) is 0 Å². The molecule has 0 bridgehead atoms. The van der Waals surface area contributed by atoms with Gasteiger partial charge in [-0.05, 0) is 19.1 Å². The van der Waals surface area contributed by atoms with Crippen LogP contribution in [0.5, 0.6) is 0 Å². The highest BCUT2D eigenvalue weighted by Crippen LogP contribution is 2.34. The second-order valence-electron chi connectivity index (χ2n) is 4.53. The van der Waals surface area contributed by atoms with Crippen molar-refractivity contribution < 1.29 is 13.2 Å². The molecule has 0 aliphatic carbocycles. The number of rotatable bonds is 1. The van der Waals surface area contributed by atoms with Crippen molar-refractivity contribution in [3.05, 3.63) is 59.9 Å². The molecule has 0 aliphatic rings. The van der Waals surface area contributed by atoms with E-state index in [0.29, 0.717) is 11.4 Å². The van der Waals surface area contributed by atoms with Gasteiger partial charge in [0.25, 0.3) is 0 Å². The molecule has 0 N–H and O–H groups in total. The molecular weight excluding hydrogens is 265 g/mol. The van der Waals surface area contributed by atoms with E-state index in [1.54, 1.807) is 13.1 Å². The Morgan fingerprint density at radius 3 is 2.35 bits per heavy atom. The van der Waals surface area contributed by atoms with Gasteiger partial charge in [-0.3, -0.25) is 4.40 Å².